The Kier molecular flexibility index (Phi) is 6.77. The van der Waals surface area contributed by atoms with Crippen LogP contribution >= 0.6 is 0 Å². The molecule has 2 aliphatic carbocycles. The second-order valence-electron chi connectivity index (χ2n) is 8.63. The molecule has 5 rings (SSSR count). The predicted octanol–water partition coefficient (Wildman–Crippen LogP) is 4.97. The van der Waals surface area contributed by atoms with Crippen molar-refractivity contribution in [2.45, 2.75) is 50.3 Å². The molecule has 2 fully saturated rings. The van der Waals surface area contributed by atoms with E-state index in [0.717, 1.165) is 18.9 Å². The molecule has 35 heavy (non-hydrogen) atoms. The molecule has 2 aliphatic rings. The number of hydrogen-bond donors (Lipinski definition) is 2. The van der Waals surface area contributed by atoms with E-state index in [9.17, 15) is 31.5 Å². The SMILES string of the molecule is Fc1ccc(C2CCC(C(F)(F)F)C2)c(OC2CC2)c1F.NC(=O)c1nccc2[nH]ccc(=O)c12. The van der Waals surface area contributed by atoms with Gasteiger partial charge in [0.25, 0.3) is 5.91 Å². The highest BCUT2D eigenvalue weighted by Crippen LogP contribution is 2.48. The lowest BCUT2D eigenvalue weighted by atomic mass is 9.95. The Balaban J connectivity index is 0.000000179. The quantitative estimate of drug-likeness (QED) is 0.499. The van der Waals surface area contributed by atoms with Gasteiger partial charge in [0.15, 0.2) is 17.0 Å². The van der Waals surface area contributed by atoms with Crippen LogP contribution in [0.3, 0.4) is 0 Å². The zero-order valence-electron chi connectivity index (χ0n) is 18.4. The van der Waals surface area contributed by atoms with Gasteiger partial charge < -0.3 is 15.5 Å². The van der Waals surface area contributed by atoms with Crippen molar-refractivity contribution >= 4 is 16.8 Å². The lowest BCUT2D eigenvalue weighted by Crippen LogP contribution is -2.19. The fourth-order valence-corrected chi connectivity index (χ4v) is 4.21. The van der Waals surface area contributed by atoms with Crippen LogP contribution in [-0.4, -0.2) is 28.2 Å². The maximum atomic E-state index is 13.9. The summed E-state index contributed by atoms with van der Waals surface area (Å²) in [6, 6.07) is 5.27. The van der Waals surface area contributed by atoms with Gasteiger partial charge in [-0.05, 0) is 50.2 Å². The number of carbonyl (C=O) groups excluding carboxylic acids is 1. The molecule has 1 aromatic carbocycles. The van der Waals surface area contributed by atoms with Crippen LogP contribution < -0.4 is 15.9 Å². The number of aromatic nitrogens is 2. The topological polar surface area (TPSA) is 98.1 Å². The van der Waals surface area contributed by atoms with Crippen molar-refractivity contribution in [3.05, 3.63) is 69.8 Å². The van der Waals surface area contributed by atoms with Crippen LogP contribution in [0, 0.1) is 17.6 Å². The Morgan fingerprint density at radius 1 is 1.09 bits per heavy atom. The molecular formula is C24H22F5N3O3. The van der Waals surface area contributed by atoms with Crippen molar-refractivity contribution in [2.24, 2.45) is 11.7 Å². The first-order chi connectivity index (χ1) is 16.6. The van der Waals surface area contributed by atoms with E-state index in [0.29, 0.717) is 17.5 Å². The molecule has 3 N–H and O–H groups in total. The number of nitrogens with one attached hydrogen (secondary N) is 1. The second kappa shape index (κ2) is 9.63. The zero-order valence-corrected chi connectivity index (χ0v) is 18.4. The molecule has 0 bridgehead atoms. The first-order valence-corrected chi connectivity index (χ1v) is 11.0. The summed E-state index contributed by atoms with van der Waals surface area (Å²) in [6.45, 7) is 0. The minimum atomic E-state index is -4.23. The highest BCUT2D eigenvalue weighted by molar-refractivity contribution is 6.03. The molecule has 186 valence electrons. The number of primary amides is 1. The first-order valence-electron chi connectivity index (χ1n) is 11.0. The van der Waals surface area contributed by atoms with Gasteiger partial charge in [-0.3, -0.25) is 14.6 Å². The van der Waals surface area contributed by atoms with Crippen LogP contribution in [0.4, 0.5) is 22.0 Å². The summed E-state index contributed by atoms with van der Waals surface area (Å²) in [5.41, 5.74) is 5.76. The number of amides is 1. The van der Waals surface area contributed by atoms with Gasteiger partial charge in [-0.15, -0.1) is 0 Å². The Hall–Kier alpha value is -3.50. The summed E-state index contributed by atoms with van der Waals surface area (Å²) >= 11 is 0. The molecule has 0 saturated heterocycles. The van der Waals surface area contributed by atoms with E-state index in [1.807, 2.05) is 0 Å². The van der Waals surface area contributed by atoms with Crippen molar-refractivity contribution in [1.29, 1.82) is 0 Å². The van der Waals surface area contributed by atoms with E-state index in [-0.39, 0.29) is 41.2 Å². The third-order valence-corrected chi connectivity index (χ3v) is 6.13. The predicted molar refractivity (Wildman–Crippen MR) is 117 cm³/mol. The van der Waals surface area contributed by atoms with E-state index in [4.69, 9.17) is 10.5 Å². The number of H-pyrrole nitrogens is 1. The van der Waals surface area contributed by atoms with Crippen LogP contribution in [0.15, 0.2) is 41.5 Å². The largest absolute Gasteiger partial charge is 0.487 e. The molecule has 2 unspecified atom stereocenters. The summed E-state index contributed by atoms with van der Waals surface area (Å²) in [6.07, 6.45) is 0.358. The molecule has 6 nitrogen and oxygen atoms in total. The highest BCUT2D eigenvalue weighted by Gasteiger charge is 2.45. The lowest BCUT2D eigenvalue weighted by molar-refractivity contribution is -0.172. The van der Waals surface area contributed by atoms with Crippen LogP contribution in [0.2, 0.25) is 0 Å². The third kappa shape index (κ3) is 5.44. The van der Waals surface area contributed by atoms with Gasteiger partial charge in [-0.1, -0.05) is 6.07 Å². The van der Waals surface area contributed by atoms with Crippen LogP contribution in [0.5, 0.6) is 5.75 Å². The Morgan fingerprint density at radius 3 is 2.46 bits per heavy atom. The van der Waals surface area contributed by atoms with Gasteiger partial charge in [0.05, 0.1) is 22.9 Å². The van der Waals surface area contributed by atoms with Crippen molar-refractivity contribution in [2.75, 3.05) is 0 Å². The lowest BCUT2D eigenvalue weighted by Gasteiger charge is -2.18. The molecule has 2 heterocycles. The number of fused-ring (bicyclic) bond motifs is 1. The Labute approximate surface area is 196 Å². The van der Waals surface area contributed by atoms with Gasteiger partial charge >= 0.3 is 6.18 Å². The molecule has 3 aromatic rings. The van der Waals surface area contributed by atoms with Gasteiger partial charge in [-0.2, -0.15) is 17.6 Å². The number of aromatic amines is 1. The standard InChI is InChI=1S/C15H15F5O.C9H7N3O2/c16-12-6-5-11(14(13(12)17)21-10-3-4-10)8-1-2-9(7-8)15(18,19)20;10-9(14)8-7-5(1-3-12-8)11-4-2-6(7)13/h5-6,8-10H,1-4,7H2;1-4H,(H2,10,14)(H,11,13). The number of nitrogens with zero attached hydrogens (tertiary/aromatic N) is 1. The van der Waals surface area contributed by atoms with Crippen LogP contribution in [0.1, 0.15) is 54.1 Å². The number of rotatable bonds is 4. The molecule has 1 amide bonds. The van der Waals surface area contributed by atoms with E-state index in [1.54, 1.807) is 6.07 Å². The summed E-state index contributed by atoms with van der Waals surface area (Å²) in [5, 5.41) is 0.238. The second-order valence-corrected chi connectivity index (χ2v) is 8.63. The highest BCUT2D eigenvalue weighted by atomic mass is 19.4. The number of hydrogen-bond acceptors (Lipinski definition) is 4. The number of alkyl halides is 3. The zero-order chi connectivity index (χ0) is 25.3. The van der Waals surface area contributed by atoms with Crippen molar-refractivity contribution in [3.8, 4) is 5.75 Å². The minimum Gasteiger partial charge on any atom is -0.487 e. The normalized spacial score (nSPS) is 19.8. The number of pyridine rings is 2. The van der Waals surface area contributed by atoms with E-state index in [1.165, 1.54) is 24.5 Å². The molecule has 0 spiro atoms. The molecule has 2 saturated carbocycles. The van der Waals surface area contributed by atoms with Crippen LogP contribution in [0.25, 0.3) is 10.9 Å². The maximum Gasteiger partial charge on any atom is 0.391 e. The van der Waals surface area contributed by atoms with Gasteiger partial charge in [0.1, 0.15) is 5.69 Å². The average Bonchev–Trinajstić information content (AvgIpc) is 3.48. The smallest absolute Gasteiger partial charge is 0.391 e. The van der Waals surface area contributed by atoms with E-state index in [2.05, 4.69) is 9.97 Å². The number of halogens is 5. The summed E-state index contributed by atoms with van der Waals surface area (Å²) < 4.78 is 70.9. The molecule has 2 aromatic heterocycles. The molecule has 0 aliphatic heterocycles. The van der Waals surface area contributed by atoms with Crippen molar-refractivity contribution < 1.29 is 31.5 Å². The fourth-order valence-electron chi connectivity index (χ4n) is 4.21. The third-order valence-electron chi connectivity index (χ3n) is 6.13. The monoisotopic (exact) mass is 495 g/mol. The Bertz CT molecular complexity index is 1300. The first kappa shape index (κ1) is 24.6. The average molecular weight is 495 g/mol. The summed E-state index contributed by atoms with van der Waals surface area (Å²) in [5.74, 6) is -4.81. The Morgan fingerprint density at radius 2 is 1.83 bits per heavy atom. The molecule has 11 heteroatoms. The number of carbonyl (C=O) groups is 1. The van der Waals surface area contributed by atoms with Crippen molar-refractivity contribution in [1.82, 2.24) is 9.97 Å². The molecular weight excluding hydrogens is 473 g/mol. The summed E-state index contributed by atoms with van der Waals surface area (Å²) in [7, 11) is 0. The van der Waals surface area contributed by atoms with Crippen molar-refractivity contribution in [3.63, 3.8) is 0 Å². The van der Waals surface area contributed by atoms with E-state index < -0.39 is 35.6 Å². The number of benzene rings is 1. The fraction of sp³-hybridized carbons (Fsp3) is 0.375. The minimum absolute atomic E-state index is 0.00403. The molecule has 2 atom stereocenters. The van der Waals surface area contributed by atoms with E-state index >= 15 is 0 Å². The summed E-state index contributed by atoms with van der Waals surface area (Å²) in [4.78, 5) is 29.0. The van der Waals surface area contributed by atoms with Crippen LogP contribution in [-0.2, 0) is 0 Å². The number of nitrogens with two attached hydrogens (primary N) is 1. The maximum absolute atomic E-state index is 13.9. The van der Waals surface area contributed by atoms with Gasteiger partial charge in [0, 0.05) is 24.0 Å². The van der Waals surface area contributed by atoms with Gasteiger partial charge in [-0.25, -0.2) is 4.39 Å². The van der Waals surface area contributed by atoms with Gasteiger partial charge in [0.2, 0.25) is 5.82 Å². The number of ether oxygens (including phenoxy) is 1. The molecule has 0 radical (unpaired) electrons.